The minimum Gasteiger partial charge on any atom is -0.355 e. The van der Waals surface area contributed by atoms with Crippen molar-refractivity contribution in [2.45, 2.75) is 45.6 Å². The standard InChI is InChI=1S/C19H30N4O3.ClH/c1-13(2)15-4-6-16(7-5-15)17(20)12-23-19(26)9-8-18(25)22-11-10-21-14(3)24;/h4-7,13,17H,8-12,20H2,1-3H3,(H,21,24)(H,22,25)(H,23,26);1H. The van der Waals surface area contributed by atoms with E-state index >= 15 is 0 Å². The first-order valence-electron chi connectivity index (χ1n) is 8.93. The van der Waals surface area contributed by atoms with E-state index in [0.717, 1.165) is 5.56 Å². The first-order chi connectivity index (χ1) is 12.3. The third kappa shape index (κ3) is 10.6. The number of carbonyl (C=O) groups is 3. The van der Waals surface area contributed by atoms with E-state index in [4.69, 9.17) is 5.73 Å². The molecule has 152 valence electrons. The molecule has 1 atom stereocenters. The van der Waals surface area contributed by atoms with Crippen LogP contribution in [0.2, 0.25) is 0 Å². The van der Waals surface area contributed by atoms with E-state index in [0.29, 0.717) is 25.6 Å². The van der Waals surface area contributed by atoms with Gasteiger partial charge in [0.15, 0.2) is 0 Å². The van der Waals surface area contributed by atoms with Crippen LogP contribution in [0.5, 0.6) is 0 Å². The lowest BCUT2D eigenvalue weighted by Crippen LogP contribution is -2.35. The lowest BCUT2D eigenvalue weighted by atomic mass is 9.99. The molecule has 0 bridgehead atoms. The van der Waals surface area contributed by atoms with Crippen LogP contribution >= 0.6 is 12.4 Å². The van der Waals surface area contributed by atoms with E-state index in [1.54, 1.807) is 0 Å². The quantitative estimate of drug-likeness (QED) is 0.446. The molecular formula is C19H31ClN4O3. The predicted molar refractivity (Wildman–Crippen MR) is 109 cm³/mol. The molecule has 1 unspecified atom stereocenters. The van der Waals surface area contributed by atoms with Gasteiger partial charge in [-0.2, -0.15) is 0 Å². The zero-order valence-corrected chi connectivity index (χ0v) is 17.0. The minimum atomic E-state index is -0.286. The molecule has 0 heterocycles. The highest BCUT2D eigenvalue weighted by Gasteiger charge is 2.10. The number of halogens is 1. The number of nitrogens with one attached hydrogen (secondary N) is 3. The van der Waals surface area contributed by atoms with Gasteiger partial charge in [0.25, 0.3) is 0 Å². The van der Waals surface area contributed by atoms with Crippen LogP contribution < -0.4 is 21.7 Å². The maximum atomic E-state index is 11.8. The van der Waals surface area contributed by atoms with Crippen molar-refractivity contribution in [3.63, 3.8) is 0 Å². The summed E-state index contributed by atoms with van der Waals surface area (Å²) in [4.78, 5) is 34.1. The number of amides is 3. The van der Waals surface area contributed by atoms with E-state index in [1.165, 1.54) is 12.5 Å². The van der Waals surface area contributed by atoms with Crippen molar-refractivity contribution in [1.29, 1.82) is 0 Å². The summed E-state index contributed by atoms with van der Waals surface area (Å²) < 4.78 is 0. The van der Waals surface area contributed by atoms with Crippen molar-refractivity contribution in [2.75, 3.05) is 19.6 Å². The lowest BCUT2D eigenvalue weighted by Gasteiger charge is -2.14. The molecule has 0 aliphatic heterocycles. The molecular weight excluding hydrogens is 368 g/mol. The van der Waals surface area contributed by atoms with Gasteiger partial charge in [-0.3, -0.25) is 14.4 Å². The van der Waals surface area contributed by atoms with Gasteiger partial charge in [0.2, 0.25) is 17.7 Å². The molecule has 0 aliphatic carbocycles. The summed E-state index contributed by atoms with van der Waals surface area (Å²) in [7, 11) is 0. The molecule has 3 amide bonds. The Morgan fingerprint density at radius 3 is 1.89 bits per heavy atom. The molecule has 0 radical (unpaired) electrons. The summed E-state index contributed by atoms with van der Waals surface area (Å²) in [5.74, 6) is -0.117. The van der Waals surface area contributed by atoms with Crippen LogP contribution in [0.25, 0.3) is 0 Å². The molecule has 7 nitrogen and oxygen atoms in total. The summed E-state index contributed by atoms with van der Waals surface area (Å²) >= 11 is 0. The second-order valence-corrected chi connectivity index (χ2v) is 6.56. The Morgan fingerprint density at radius 1 is 0.889 bits per heavy atom. The molecule has 0 aliphatic rings. The minimum absolute atomic E-state index is 0. The SMILES string of the molecule is CC(=O)NCCNC(=O)CCC(=O)NCC(N)c1ccc(C(C)C)cc1.Cl. The Morgan fingerprint density at radius 2 is 1.37 bits per heavy atom. The van der Waals surface area contributed by atoms with Gasteiger partial charge in [0.05, 0.1) is 0 Å². The molecule has 0 spiro atoms. The van der Waals surface area contributed by atoms with Gasteiger partial charge in [0.1, 0.15) is 0 Å². The smallest absolute Gasteiger partial charge is 0.220 e. The van der Waals surface area contributed by atoms with Crippen LogP contribution in [-0.4, -0.2) is 37.4 Å². The van der Waals surface area contributed by atoms with E-state index < -0.39 is 0 Å². The second kappa shape index (κ2) is 13.1. The van der Waals surface area contributed by atoms with Gasteiger partial charge in [-0.1, -0.05) is 38.1 Å². The monoisotopic (exact) mass is 398 g/mol. The maximum absolute atomic E-state index is 11.8. The van der Waals surface area contributed by atoms with Crippen LogP contribution in [0.4, 0.5) is 0 Å². The van der Waals surface area contributed by atoms with Crippen LogP contribution in [0.1, 0.15) is 56.7 Å². The Kier molecular flexibility index (Phi) is 12.1. The van der Waals surface area contributed by atoms with Crippen molar-refractivity contribution in [1.82, 2.24) is 16.0 Å². The molecule has 0 fully saturated rings. The summed E-state index contributed by atoms with van der Waals surface area (Å²) in [5, 5.41) is 7.97. The summed E-state index contributed by atoms with van der Waals surface area (Å²) in [6.45, 7) is 6.71. The predicted octanol–water partition coefficient (Wildman–Crippen LogP) is 1.38. The fraction of sp³-hybridized carbons (Fsp3) is 0.526. The highest BCUT2D eigenvalue weighted by molar-refractivity contribution is 5.85. The highest BCUT2D eigenvalue weighted by atomic mass is 35.5. The van der Waals surface area contributed by atoms with E-state index in [1.807, 2.05) is 24.3 Å². The van der Waals surface area contributed by atoms with E-state index in [9.17, 15) is 14.4 Å². The van der Waals surface area contributed by atoms with E-state index in [-0.39, 0.29) is 49.0 Å². The fourth-order valence-electron chi connectivity index (χ4n) is 2.31. The number of hydrogen-bond donors (Lipinski definition) is 4. The van der Waals surface area contributed by atoms with Crippen molar-refractivity contribution in [2.24, 2.45) is 5.73 Å². The molecule has 0 saturated heterocycles. The molecule has 0 saturated carbocycles. The first kappa shape index (κ1) is 24.9. The molecule has 1 aromatic rings. The zero-order chi connectivity index (χ0) is 19.5. The van der Waals surface area contributed by atoms with Gasteiger partial charge >= 0.3 is 0 Å². The van der Waals surface area contributed by atoms with Crippen molar-refractivity contribution in [3.8, 4) is 0 Å². The van der Waals surface area contributed by atoms with Crippen molar-refractivity contribution < 1.29 is 14.4 Å². The fourth-order valence-corrected chi connectivity index (χ4v) is 2.31. The normalized spacial score (nSPS) is 11.3. The molecule has 1 aromatic carbocycles. The van der Waals surface area contributed by atoms with Gasteiger partial charge in [-0.05, 0) is 17.0 Å². The number of nitrogens with two attached hydrogens (primary N) is 1. The molecule has 0 aromatic heterocycles. The number of carbonyl (C=O) groups excluding carboxylic acids is 3. The third-order valence-corrected chi connectivity index (χ3v) is 3.95. The van der Waals surface area contributed by atoms with Gasteiger partial charge in [-0.25, -0.2) is 0 Å². The molecule has 5 N–H and O–H groups in total. The third-order valence-electron chi connectivity index (χ3n) is 3.95. The summed E-state index contributed by atoms with van der Waals surface area (Å²) in [6.07, 6.45) is 0.204. The highest BCUT2D eigenvalue weighted by Crippen LogP contribution is 2.17. The summed E-state index contributed by atoms with van der Waals surface area (Å²) in [5.41, 5.74) is 8.31. The number of hydrogen-bond acceptors (Lipinski definition) is 4. The topological polar surface area (TPSA) is 113 Å². The zero-order valence-electron chi connectivity index (χ0n) is 16.2. The van der Waals surface area contributed by atoms with Crippen LogP contribution in [0.15, 0.2) is 24.3 Å². The Hall–Kier alpha value is -2.12. The Bertz CT molecular complexity index is 605. The maximum Gasteiger partial charge on any atom is 0.220 e. The average molecular weight is 399 g/mol. The van der Waals surface area contributed by atoms with Crippen LogP contribution in [-0.2, 0) is 14.4 Å². The van der Waals surface area contributed by atoms with Gasteiger partial charge < -0.3 is 21.7 Å². The van der Waals surface area contributed by atoms with Gasteiger partial charge in [0, 0.05) is 45.4 Å². The lowest BCUT2D eigenvalue weighted by molar-refractivity contribution is -0.126. The molecule has 8 heteroatoms. The Balaban J connectivity index is 0.00000676. The number of rotatable bonds is 10. The first-order valence-corrected chi connectivity index (χ1v) is 8.93. The largest absolute Gasteiger partial charge is 0.355 e. The van der Waals surface area contributed by atoms with Crippen molar-refractivity contribution >= 4 is 30.1 Å². The second-order valence-electron chi connectivity index (χ2n) is 6.56. The van der Waals surface area contributed by atoms with Crippen LogP contribution in [0, 0.1) is 0 Å². The van der Waals surface area contributed by atoms with Crippen LogP contribution in [0.3, 0.4) is 0 Å². The molecule has 27 heavy (non-hydrogen) atoms. The summed E-state index contributed by atoms with van der Waals surface area (Å²) in [6, 6.07) is 7.77. The van der Waals surface area contributed by atoms with E-state index in [2.05, 4.69) is 29.8 Å². The average Bonchev–Trinajstić information content (AvgIpc) is 2.61. The van der Waals surface area contributed by atoms with Crippen molar-refractivity contribution in [3.05, 3.63) is 35.4 Å². The molecule has 1 rings (SSSR count). The Labute approximate surface area is 167 Å². The number of benzene rings is 1. The van der Waals surface area contributed by atoms with Gasteiger partial charge in [-0.15, -0.1) is 12.4 Å².